The van der Waals surface area contributed by atoms with Crippen molar-refractivity contribution in [2.24, 2.45) is 0 Å². The van der Waals surface area contributed by atoms with Gasteiger partial charge in [-0.3, -0.25) is 4.55 Å². The molecule has 0 fully saturated rings. The summed E-state index contributed by atoms with van der Waals surface area (Å²) < 4.78 is 29.6. The molecule has 32 heavy (non-hydrogen) atoms. The van der Waals surface area contributed by atoms with Crippen LogP contribution in [0.15, 0.2) is 101 Å². The minimum Gasteiger partial charge on any atom is -0.282 e. The highest BCUT2D eigenvalue weighted by Crippen LogP contribution is 2.37. The highest BCUT2D eigenvalue weighted by Gasteiger charge is 2.11. The first-order valence-electron chi connectivity index (χ1n) is 9.53. The van der Waals surface area contributed by atoms with E-state index in [1.807, 2.05) is 67.6 Å². The van der Waals surface area contributed by atoms with Gasteiger partial charge in [0.15, 0.2) is 0 Å². The van der Waals surface area contributed by atoms with E-state index in [0.717, 1.165) is 42.8 Å². The molecule has 0 atom stereocenters. The number of hydrogen-bond donors (Lipinski definition) is 2. The summed E-state index contributed by atoms with van der Waals surface area (Å²) in [7, 11) is -4.02. The highest BCUT2D eigenvalue weighted by molar-refractivity contribution is 7.85. The Balaban J connectivity index is 0.000000222. The molecule has 0 aliphatic carbocycles. The lowest BCUT2D eigenvalue weighted by atomic mass is 9.94. The van der Waals surface area contributed by atoms with Gasteiger partial charge < -0.3 is 0 Å². The zero-order valence-corrected chi connectivity index (χ0v) is 20.3. The maximum atomic E-state index is 10.5. The zero-order chi connectivity index (χ0) is 23.3. The van der Waals surface area contributed by atoms with Crippen molar-refractivity contribution in [3.63, 3.8) is 0 Å². The van der Waals surface area contributed by atoms with E-state index in [2.05, 4.69) is 18.7 Å². The monoisotopic (exact) mass is 502 g/mol. The Morgan fingerprint density at radius 2 is 1.22 bits per heavy atom. The molecule has 0 saturated heterocycles. The van der Waals surface area contributed by atoms with Gasteiger partial charge in [0.2, 0.25) is 0 Å². The second-order valence-corrected chi connectivity index (χ2v) is 9.78. The van der Waals surface area contributed by atoms with Gasteiger partial charge in [-0.1, -0.05) is 77.3 Å². The zero-order valence-electron chi connectivity index (χ0n) is 17.0. The molecule has 0 spiro atoms. The Hall–Kier alpha value is -2.28. The first-order chi connectivity index (χ1) is 15.1. The standard InChI is InChI=1S/C18H12Cl2S.C7H8O3S/c19-14-8-4-12(5-9-14)16-2-1-3-17(21)18(16)13-6-10-15(20)11-7-13;1-6-2-4-7(5-3-6)11(8,9)10/h1-11,21H;2-5H,1H3,(H,8,9,10). The molecule has 4 aromatic carbocycles. The third kappa shape index (κ3) is 6.37. The second kappa shape index (κ2) is 10.6. The minimum absolute atomic E-state index is 0.0666. The maximum Gasteiger partial charge on any atom is 0.294 e. The van der Waals surface area contributed by atoms with Gasteiger partial charge in [-0.05, 0) is 66.1 Å². The van der Waals surface area contributed by atoms with Crippen molar-refractivity contribution >= 4 is 45.9 Å². The summed E-state index contributed by atoms with van der Waals surface area (Å²) >= 11 is 16.6. The number of benzene rings is 4. The molecule has 164 valence electrons. The van der Waals surface area contributed by atoms with Crippen molar-refractivity contribution < 1.29 is 13.0 Å². The molecule has 0 amide bonds. The van der Waals surface area contributed by atoms with Crippen LogP contribution in [0.3, 0.4) is 0 Å². The first kappa shape index (κ1) is 24.4. The van der Waals surface area contributed by atoms with Gasteiger partial charge in [-0.2, -0.15) is 8.42 Å². The van der Waals surface area contributed by atoms with Crippen LogP contribution in [0.4, 0.5) is 0 Å². The molecule has 0 aliphatic heterocycles. The van der Waals surface area contributed by atoms with Crippen LogP contribution in [-0.4, -0.2) is 13.0 Å². The molecular weight excluding hydrogens is 483 g/mol. The van der Waals surface area contributed by atoms with Crippen molar-refractivity contribution in [2.75, 3.05) is 0 Å². The fourth-order valence-electron chi connectivity index (χ4n) is 3.04. The third-order valence-electron chi connectivity index (χ3n) is 4.65. The molecule has 1 N–H and O–H groups in total. The molecule has 4 aromatic rings. The molecule has 3 nitrogen and oxygen atoms in total. The van der Waals surface area contributed by atoms with Crippen LogP contribution >= 0.6 is 35.8 Å². The molecule has 0 aromatic heterocycles. The molecule has 0 aliphatic rings. The lowest BCUT2D eigenvalue weighted by Crippen LogP contribution is -1.96. The minimum atomic E-state index is -4.02. The normalized spacial score (nSPS) is 10.9. The van der Waals surface area contributed by atoms with Gasteiger partial charge in [0.05, 0.1) is 4.90 Å². The highest BCUT2D eigenvalue weighted by atomic mass is 35.5. The summed E-state index contributed by atoms with van der Waals surface area (Å²) in [6.07, 6.45) is 0. The van der Waals surface area contributed by atoms with Crippen LogP contribution in [0.5, 0.6) is 0 Å². The summed E-state index contributed by atoms with van der Waals surface area (Å²) in [4.78, 5) is 0.868. The summed E-state index contributed by atoms with van der Waals surface area (Å²) in [5.74, 6) is 0. The molecule has 0 saturated carbocycles. The summed E-state index contributed by atoms with van der Waals surface area (Å²) in [6, 6.07) is 27.7. The van der Waals surface area contributed by atoms with Crippen molar-refractivity contribution in [2.45, 2.75) is 16.7 Å². The number of halogens is 2. The fraction of sp³-hybridized carbons (Fsp3) is 0.0400. The van der Waals surface area contributed by atoms with Gasteiger partial charge >= 0.3 is 0 Å². The van der Waals surface area contributed by atoms with Gasteiger partial charge in [-0.15, -0.1) is 12.6 Å². The van der Waals surface area contributed by atoms with Gasteiger partial charge in [0.1, 0.15) is 0 Å². The van der Waals surface area contributed by atoms with E-state index in [1.165, 1.54) is 12.1 Å². The second-order valence-electron chi connectivity index (χ2n) is 7.00. The molecule has 0 radical (unpaired) electrons. The largest absolute Gasteiger partial charge is 0.294 e. The Kier molecular flexibility index (Phi) is 8.04. The Bertz CT molecular complexity index is 1300. The predicted molar refractivity (Wildman–Crippen MR) is 136 cm³/mol. The van der Waals surface area contributed by atoms with E-state index in [-0.39, 0.29) is 4.90 Å². The van der Waals surface area contributed by atoms with Crippen molar-refractivity contribution in [1.82, 2.24) is 0 Å². The SMILES string of the molecule is Cc1ccc(S(=O)(=O)O)cc1.Sc1cccc(-c2ccc(Cl)cc2)c1-c1ccc(Cl)cc1. The van der Waals surface area contributed by atoms with Crippen molar-refractivity contribution in [3.05, 3.63) is 107 Å². The van der Waals surface area contributed by atoms with Crippen LogP contribution in [0.25, 0.3) is 22.3 Å². The smallest absolute Gasteiger partial charge is 0.282 e. The fourth-order valence-corrected chi connectivity index (χ4v) is 4.11. The summed E-state index contributed by atoms with van der Waals surface area (Å²) in [6.45, 7) is 1.84. The predicted octanol–water partition coefficient (Wildman–Crippen LogP) is 7.86. The van der Waals surface area contributed by atoms with Gasteiger partial charge in [0, 0.05) is 20.5 Å². The lowest BCUT2D eigenvalue weighted by molar-refractivity contribution is 0.483. The Labute approximate surface area is 203 Å². The molecule has 0 bridgehead atoms. The van der Waals surface area contributed by atoms with E-state index >= 15 is 0 Å². The maximum absolute atomic E-state index is 10.5. The molecular formula is C25H20Cl2O3S2. The quantitative estimate of drug-likeness (QED) is 0.221. The summed E-state index contributed by atoms with van der Waals surface area (Å²) in [5.41, 5.74) is 5.38. The average Bonchev–Trinajstić information content (AvgIpc) is 2.75. The average molecular weight is 503 g/mol. The van der Waals surface area contributed by atoms with Crippen LogP contribution in [0.1, 0.15) is 5.56 Å². The molecule has 7 heteroatoms. The lowest BCUT2D eigenvalue weighted by Gasteiger charge is -2.13. The topological polar surface area (TPSA) is 54.4 Å². The third-order valence-corrected chi connectivity index (χ3v) is 6.39. The van der Waals surface area contributed by atoms with Gasteiger partial charge in [0.25, 0.3) is 10.1 Å². The number of rotatable bonds is 3. The molecule has 4 rings (SSSR count). The van der Waals surface area contributed by atoms with Crippen LogP contribution in [0.2, 0.25) is 10.0 Å². The number of thiol groups is 1. The first-order valence-corrected chi connectivity index (χ1v) is 12.2. The number of aryl methyl sites for hydroxylation is 1. The van der Waals surface area contributed by atoms with Crippen LogP contribution < -0.4 is 0 Å². The Morgan fingerprint density at radius 1 is 0.719 bits per heavy atom. The van der Waals surface area contributed by atoms with E-state index in [1.54, 1.807) is 12.1 Å². The molecule has 0 unspecified atom stereocenters. The number of hydrogen-bond acceptors (Lipinski definition) is 3. The Morgan fingerprint density at radius 3 is 1.72 bits per heavy atom. The van der Waals surface area contributed by atoms with E-state index < -0.39 is 10.1 Å². The van der Waals surface area contributed by atoms with Gasteiger partial charge in [-0.25, -0.2) is 0 Å². The summed E-state index contributed by atoms with van der Waals surface area (Å²) in [5, 5.41) is 1.46. The van der Waals surface area contributed by atoms with E-state index in [9.17, 15) is 8.42 Å². The van der Waals surface area contributed by atoms with Crippen molar-refractivity contribution in [3.8, 4) is 22.3 Å². The van der Waals surface area contributed by atoms with Crippen molar-refractivity contribution in [1.29, 1.82) is 0 Å². The van der Waals surface area contributed by atoms with E-state index in [0.29, 0.717) is 0 Å². The van der Waals surface area contributed by atoms with Crippen LogP contribution in [-0.2, 0) is 10.1 Å². The van der Waals surface area contributed by atoms with E-state index in [4.69, 9.17) is 27.8 Å². The molecule has 0 heterocycles. The van der Waals surface area contributed by atoms with Crippen LogP contribution in [0, 0.1) is 6.92 Å².